The van der Waals surface area contributed by atoms with Crippen LogP contribution < -0.4 is 10.6 Å². The molecule has 0 spiro atoms. The molecule has 1 aliphatic heterocycles. The molecule has 2 aromatic heterocycles. The number of likely N-dealkylation sites (N-methyl/N-ethyl adjacent to an activating group) is 1. The Morgan fingerprint density at radius 1 is 1.05 bits per heavy atom. The van der Waals surface area contributed by atoms with E-state index in [4.69, 9.17) is 5.10 Å². The van der Waals surface area contributed by atoms with Crippen LogP contribution in [0.25, 0.3) is 28.5 Å². The van der Waals surface area contributed by atoms with Crippen LogP contribution in [0.4, 0.5) is 5.69 Å². The Bertz CT molecular complexity index is 1590. The Hall–Kier alpha value is -4.43. The van der Waals surface area contributed by atoms with Gasteiger partial charge in [0.15, 0.2) is 0 Å². The highest BCUT2D eigenvalue weighted by Gasteiger charge is 2.26. The molecule has 5 rings (SSSR count). The SMILES string of the molecule is CCN(CC)CCNC(=O)c1c(C)[nH]c(C=C2C(=O)Nc3ccc(-c4cn(-c5ccccc5)nc4C)cc32)c1C. The van der Waals surface area contributed by atoms with Crippen molar-refractivity contribution in [2.24, 2.45) is 0 Å². The average molecular weight is 537 g/mol. The monoisotopic (exact) mass is 536 g/mol. The molecule has 0 aliphatic carbocycles. The average Bonchev–Trinajstić information content (AvgIpc) is 3.59. The minimum Gasteiger partial charge on any atom is -0.358 e. The van der Waals surface area contributed by atoms with Gasteiger partial charge < -0.3 is 20.5 Å². The second kappa shape index (κ2) is 11.4. The Balaban J connectivity index is 1.43. The summed E-state index contributed by atoms with van der Waals surface area (Å²) >= 11 is 0. The molecule has 0 saturated heterocycles. The summed E-state index contributed by atoms with van der Waals surface area (Å²) in [6.07, 6.45) is 3.86. The Labute approximate surface area is 235 Å². The lowest BCUT2D eigenvalue weighted by molar-refractivity contribution is -0.110. The van der Waals surface area contributed by atoms with Crippen LogP contribution in [0.15, 0.2) is 54.7 Å². The second-order valence-electron chi connectivity index (χ2n) is 10.1. The first-order valence-corrected chi connectivity index (χ1v) is 13.8. The van der Waals surface area contributed by atoms with Crippen molar-refractivity contribution in [2.45, 2.75) is 34.6 Å². The molecule has 0 fully saturated rings. The number of hydrogen-bond donors (Lipinski definition) is 3. The van der Waals surface area contributed by atoms with Crippen LogP contribution in [0.1, 0.15) is 52.4 Å². The molecule has 1 aliphatic rings. The molecule has 0 unspecified atom stereocenters. The standard InChI is InChI=1S/C32H36N6O2/c1-6-37(7-2)16-15-33-32(40)30-20(3)29(34-22(30)5)18-26-25-17-23(13-14-28(25)35-31(26)39)27-19-38(36-21(27)4)24-11-9-8-10-12-24/h8-14,17-19,34H,6-7,15-16H2,1-5H3,(H,33,40)(H,35,39). The first kappa shape index (κ1) is 27.1. The highest BCUT2D eigenvalue weighted by Crippen LogP contribution is 2.37. The number of rotatable bonds is 9. The number of amides is 2. The summed E-state index contributed by atoms with van der Waals surface area (Å²) in [5.74, 6) is -0.270. The highest BCUT2D eigenvalue weighted by atomic mass is 16.2. The molecule has 206 valence electrons. The largest absolute Gasteiger partial charge is 0.358 e. The van der Waals surface area contributed by atoms with E-state index in [-0.39, 0.29) is 11.8 Å². The van der Waals surface area contributed by atoms with Crippen LogP contribution in [0.2, 0.25) is 0 Å². The van der Waals surface area contributed by atoms with E-state index < -0.39 is 0 Å². The Morgan fingerprint density at radius 3 is 2.52 bits per heavy atom. The number of H-pyrrole nitrogens is 1. The molecule has 8 heteroatoms. The molecule has 8 nitrogen and oxygen atoms in total. The minimum atomic E-state index is -0.166. The fourth-order valence-corrected chi connectivity index (χ4v) is 5.31. The smallest absolute Gasteiger partial charge is 0.256 e. The number of aryl methyl sites for hydroxylation is 2. The maximum absolute atomic E-state index is 13.0. The normalized spacial score (nSPS) is 13.7. The van der Waals surface area contributed by atoms with Gasteiger partial charge in [0.2, 0.25) is 0 Å². The molecular formula is C32H36N6O2. The number of nitrogens with zero attached hydrogens (tertiary/aromatic N) is 3. The summed E-state index contributed by atoms with van der Waals surface area (Å²) in [6.45, 7) is 13.3. The molecule has 0 bridgehead atoms. The molecule has 4 aromatic rings. The number of benzene rings is 2. The van der Waals surface area contributed by atoms with Crippen molar-refractivity contribution in [2.75, 3.05) is 31.5 Å². The van der Waals surface area contributed by atoms with E-state index in [0.717, 1.165) is 70.3 Å². The zero-order valence-corrected chi connectivity index (χ0v) is 23.8. The van der Waals surface area contributed by atoms with Gasteiger partial charge in [-0.2, -0.15) is 5.10 Å². The number of carbonyl (C=O) groups excluding carboxylic acids is 2. The van der Waals surface area contributed by atoms with Gasteiger partial charge in [-0.05, 0) is 75.3 Å². The van der Waals surface area contributed by atoms with E-state index >= 15 is 0 Å². The van der Waals surface area contributed by atoms with Gasteiger partial charge in [0.05, 0.1) is 22.5 Å². The molecule has 3 N–H and O–H groups in total. The number of hydrogen-bond acceptors (Lipinski definition) is 4. The van der Waals surface area contributed by atoms with E-state index in [1.165, 1.54) is 0 Å². The molecule has 0 saturated carbocycles. The van der Waals surface area contributed by atoms with Gasteiger partial charge in [0.25, 0.3) is 11.8 Å². The fraction of sp³-hybridized carbons (Fsp3) is 0.281. The van der Waals surface area contributed by atoms with E-state index in [9.17, 15) is 9.59 Å². The number of fused-ring (bicyclic) bond motifs is 1. The fourth-order valence-electron chi connectivity index (χ4n) is 5.31. The lowest BCUT2D eigenvalue weighted by Gasteiger charge is -2.18. The van der Waals surface area contributed by atoms with Crippen molar-refractivity contribution in [3.05, 3.63) is 88.5 Å². The van der Waals surface area contributed by atoms with Crippen LogP contribution in [-0.2, 0) is 4.79 Å². The van der Waals surface area contributed by atoms with Crippen molar-refractivity contribution in [3.63, 3.8) is 0 Å². The van der Waals surface area contributed by atoms with Gasteiger partial charge >= 0.3 is 0 Å². The predicted octanol–water partition coefficient (Wildman–Crippen LogP) is 5.36. The highest BCUT2D eigenvalue weighted by molar-refractivity contribution is 6.35. The molecule has 3 heterocycles. The summed E-state index contributed by atoms with van der Waals surface area (Å²) in [4.78, 5) is 31.7. The van der Waals surface area contributed by atoms with Crippen molar-refractivity contribution < 1.29 is 9.59 Å². The summed E-state index contributed by atoms with van der Waals surface area (Å²) in [7, 11) is 0. The van der Waals surface area contributed by atoms with Crippen molar-refractivity contribution in [3.8, 4) is 16.8 Å². The van der Waals surface area contributed by atoms with Gasteiger partial charge in [-0.1, -0.05) is 38.1 Å². The third-order valence-electron chi connectivity index (χ3n) is 7.63. The van der Waals surface area contributed by atoms with Crippen LogP contribution in [0, 0.1) is 20.8 Å². The van der Waals surface area contributed by atoms with Crippen LogP contribution >= 0.6 is 0 Å². The molecule has 2 amide bonds. The van der Waals surface area contributed by atoms with Gasteiger partial charge in [-0.15, -0.1) is 0 Å². The van der Waals surface area contributed by atoms with Crippen molar-refractivity contribution >= 4 is 29.2 Å². The zero-order valence-electron chi connectivity index (χ0n) is 23.8. The van der Waals surface area contributed by atoms with E-state index in [2.05, 4.69) is 34.4 Å². The quantitative estimate of drug-likeness (QED) is 0.251. The van der Waals surface area contributed by atoms with E-state index in [1.54, 1.807) is 0 Å². The lowest BCUT2D eigenvalue weighted by Crippen LogP contribution is -2.35. The molecule has 0 radical (unpaired) electrons. The second-order valence-corrected chi connectivity index (χ2v) is 10.1. The maximum atomic E-state index is 13.0. The Kier molecular flexibility index (Phi) is 7.71. The van der Waals surface area contributed by atoms with Gasteiger partial charge in [-0.3, -0.25) is 9.59 Å². The van der Waals surface area contributed by atoms with Crippen LogP contribution in [0.5, 0.6) is 0 Å². The minimum absolute atomic E-state index is 0.104. The third-order valence-corrected chi connectivity index (χ3v) is 7.63. The number of carbonyl (C=O) groups is 2. The van der Waals surface area contributed by atoms with E-state index in [0.29, 0.717) is 17.7 Å². The molecular weight excluding hydrogens is 500 g/mol. The van der Waals surface area contributed by atoms with Gasteiger partial charge in [0, 0.05) is 47.5 Å². The van der Waals surface area contributed by atoms with Crippen LogP contribution in [-0.4, -0.2) is 57.7 Å². The maximum Gasteiger partial charge on any atom is 0.256 e. The first-order chi connectivity index (χ1) is 19.3. The molecule has 0 atom stereocenters. The zero-order chi connectivity index (χ0) is 28.4. The van der Waals surface area contributed by atoms with Gasteiger partial charge in [-0.25, -0.2) is 4.68 Å². The number of nitrogens with one attached hydrogen (secondary N) is 3. The van der Waals surface area contributed by atoms with Crippen molar-refractivity contribution in [1.82, 2.24) is 25.0 Å². The Morgan fingerprint density at radius 2 is 1.80 bits per heavy atom. The number of aromatic amines is 1. The number of aromatic nitrogens is 3. The summed E-state index contributed by atoms with van der Waals surface area (Å²) in [5, 5.41) is 10.7. The predicted molar refractivity (Wildman–Crippen MR) is 161 cm³/mol. The van der Waals surface area contributed by atoms with Crippen molar-refractivity contribution in [1.29, 1.82) is 0 Å². The topological polar surface area (TPSA) is 95.0 Å². The third kappa shape index (κ3) is 5.22. The number of para-hydroxylation sites is 1. The molecule has 2 aromatic carbocycles. The lowest BCUT2D eigenvalue weighted by atomic mass is 9.98. The van der Waals surface area contributed by atoms with Gasteiger partial charge in [0.1, 0.15) is 0 Å². The summed E-state index contributed by atoms with van der Waals surface area (Å²) in [5.41, 5.74) is 9.00. The van der Waals surface area contributed by atoms with E-state index in [1.807, 2.05) is 86.3 Å². The number of anilines is 1. The summed E-state index contributed by atoms with van der Waals surface area (Å²) < 4.78 is 1.87. The first-order valence-electron chi connectivity index (χ1n) is 13.8. The van der Waals surface area contributed by atoms with Crippen LogP contribution in [0.3, 0.4) is 0 Å². The molecule has 40 heavy (non-hydrogen) atoms. The summed E-state index contributed by atoms with van der Waals surface area (Å²) in [6, 6.07) is 16.0.